The summed E-state index contributed by atoms with van der Waals surface area (Å²) in [4.78, 5) is 2.52. The van der Waals surface area contributed by atoms with Crippen LogP contribution in [0.15, 0.2) is 22.7 Å². The van der Waals surface area contributed by atoms with E-state index in [0.717, 1.165) is 22.6 Å². The molecular weight excluding hydrogens is 312 g/mol. The van der Waals surface area contributed by atoms with Gasteiger partial charge in [-0.15, -0.1) is 0 Å². The van der Waals surface area contributed by atoms with Crippen LogP contribution in [0, 0.1) is 0 Å². The van der Waals surface area contributed by atoms with E-state index >= 15 is 0 Å². The van der Waals surface area contributed by atoms with E-state index < -0.39 is 0 Å². The van der Waals surface area contributed by atoms with Gasteiger partial charge in [-0.1, -0.05) is 33.6 Å². The fraction of sp³-hybridized carbons (Fsp3) is 0.571. The number of nitrogens with zero attached hydrogens (tertiary/aromatic N) is 1. The molecule has 100 valence electrons. The first-order valence-electron chi connectivity index (χ1n) is 6.43. The number of hydrogen-bond acceptors (Lipinski definition) is 2. The molecule has 0 saturated carbocycles. The smallest absolute Gasteiger partial charge is 0.0464 e. The summed E-state index contributed by atoms with van der Waals surface area (Å²) >= 11 is 9.81. The van der Waals surface area contributed by atoms with Gasteiger partial charge >= 0.3 is 0 Å². The minimum absolute atomic E-state index is 0.352. The van der Waals surface area contributed by atoms with Crippen molar-refractivity contribution in [1.82, 2.24) is 10.2 Å². The van der Waals surface area contributed by atoms with Gasteiger partial charge in [-0.2, -0.15) is 0 Å². The second-order valence-corrected chi connectivity index (χ2v) is 6.52. The van der Waals surface area contributed by atoms with Crippen molar-refractivity contribution in [2.75, 3.05) is 13.1 Å². The molecule has 18 heavy (non-hydrogen) atoms. The Balaban J connectivity index is 2.21. The molecule has 1 aliphatic rings. The van der Waals surface area contributed by atoms with Crippen LogP contribution >= 0.6 is 27.5 Å². The zero-order valence-corrected chi connectivity index (χ0v) is 13.4. The molecule has 1 saturated heterocycles. The van der Waals surface area contributed by atoms with Crippen molar-refractivity contribution in [3.05, 3.63) is 33.3 Å². The largest absolute Gasteiger partial charge is 0.311 e. The summed E-state index contributed by atoms with van der Waals surface area (Å²) in [7, 11) is 0. The summed E-state index contributed by atoms with van der Waals surface area (Å²) in [6.45, 7) is 8.84. The number of halogens is 2. The van der Waals surface area contributed by atoms with Gasteiger partial charge in [-0.25, -0.2) is 0 Å². The van der Waals surface area contributed by atoms with Crippen LogP contribution in [-0.2, 0) is 0 Å². The second kappa shape index (κ2) is 5.91. The summed E-state index contributed by atoms with van der Waals surface area (Å²) < 4.78 is 1.03. The number of piperazine rings is 1. The summed E-state index contributed by atoms with van der Waals surface area (Å²) in [6.07, 6.45) is 0. The van der Waals surface area contributed by atoms with Gasteiger partial charge in [0, 0.05) is 40.7 Å². The molecule has 1 aliphatic heterocycles. The SMILES string of the molecule is CC1CN(C(C)c2ccc(Br)cc2Cl)C(C)CN1. The molecule has 1 aromatic rings. The molecule has 0 radical (unpaired) electrons. The molecule has 1 aromatic carbocycles. The number of rotatable bonds is 2. The van der Waals surface area contributed by atoms with Gasteiger partial charge in [-0.3, -0.25) is 4.90 Å². The third-order valence-corrected chi connectivity index (χ3v) is 4.54. The van der Waals surface area contributed by atoms with Crippen LogP contribution in [0.1, 0.15) is 32.4 Å². The lowest BCUT2D eigenvalue weighted by Gasteiger charge is -2.41. The quantitative estimate of drug-likeness (QED) is 0.885. The predicted octanol–water partition coefficient (Wildman–Crippen LogP) is 3.85. The number of hydrogen-bond donors (Lipinski definition) is 1. The maximum Gasteiger partial charge on any atom is 0.0464 e. The first kappa shape index (κ1) is 14.3. The lowest BCUT2D eigenvalue weighted by Crippen LogP contribution is -2.54. The fourth-order valence-corrected chi connectivity index (χ4v) is 3.44. The van der Waals surface area contributed by atoms with Crippen molar-refractivity contribution < 1.29 is 0 Å². The molecule has 3 unspecified atom stereocenters. The minimum atomic E-state index is 0.352. The average molecular weight is 332 g/mol. The Morgan fingerprint density at radius 3 is 2.83 bits per heavy atom. The third kappa shape index (κ3) is 3.08. The normalized spacial score (nSPS) is 27.2. The molecule has 0 aliphatic carbocycles. The first-order valence-corrected chi connectivity index (χ1v) is 7.60. The van der Waals surface area contributed by atoms with E-state index in [1.165, 1.54) is 5.56 Å². The standard InChI is InChI=1S/C14H20BrClN2/c1-9-8-18(10(2)7-17-9)11(3)13-5-4-12(15)6-14(13)16/h4-6,9-11,17H,7-8H2,1-3H3. The molecule has 0 spiro atoms. The van der Waals surface area contributed by atoms with E-state index in [9.17, 15) is 0 Å². The summed E-state index contributed by atoms with van der Waals surface area (Å²) in [6, 6.07) is 7.59. The van der Waals surface area contributed by atoms with Gasteiger partial charge in [0.25, 0.3) is 0 Å². The van der Waals surface area contributed by atoms with E-state index in [-0.39, 0.29) is 0 Å². The lowest BCUT2D eigenvalue weighted by molar-refractivity contribution is 0.103. The number of benzene rings is 1. The van der Waals surface area contributed by atoms with Crippen LogP contribution < -0.4 is 5.32 Å². The highest BCUT2D eigenvalue weighted by molar-refractivity contribution is 9.10. The Kier molecular flexibility index (Phi) is 4.70. The molecule has 4 heteroatoms. The maximum absolute atomic E-state index is 6.36. The first-order chi connectivity index (χ1) is 8.49. The van der Waals surface area contributed by atoms with Crippen LogP contribution in [0.5, 0.6) is 0 Å². The lowest BCUT2D eigenvalue weighted by atomic mass is 10.0. The molecule has 2 rings (SSSR count). The van der Waals surface area contributed by atoms with Gasteiger partial charge in [0.1, 0.15) is 0 Å². The van der Waals surface area contributed by atoms with Crippen LogP contribution in [0.3, 0.4) is 0 Å². The summed E-state index contributed by atoms with van der Waals surface area (Å²) in [5, 5.41) is 4.35. The Bertz CT molecular complexity index is 424. The van der Waals surface area contributed by atoms with E-state index in [1.807, 2.05) is 6.07 Å². The highest BCUT2D eigenvalue weighted by atomic mass is 79.9. The zero-order valence-electron chi connectivity index (χ0n) is 11.1. The Morgan fingerprint density at radius 2 is 2.17 bits per heavy atom. The Labute approximate surface area is 123 Å². The topological polar surface area (TPSA) is 15.3 Å². The fourth-order valence-electron chi connectivity index (χ4n) is 2.61. The van der Waals surface area contributed by atoms with E-state index in [1.54, 1.807) is 0 Å². The molecule has 0 bridgehead atoms. The molecule has 3 atom stereocenters. The van der Waals surface area contributed by atoms with E-state index in [0.29, 0.717) is 18.1 Å². The maximum atomic E-state index is 6.36. The van der Waals surface area contributed by atoms with Gasteiger partial charge in [0.2, 0.25) is 0 Å². The van der Waals surface area contributed by atoms with Gasteiger partial charge in [0.15, 0.2) is 0 Å². The highest BCUT2D eigenvalue weighted by Gasteiger charge is 2.28. The van der Waals surface area contributed by atoms with Crippen molar-refractivity contribution in [2.45, 2.75) is 38.9 Å². The molecule has 1 fully saturated rings. The Morgan fingerprint density at radius 1 is 1.44 bits per heavy atom. The summed E-state index contributed by atoms with van der Waals surface area (Å²) in [5.41, 5.74) is 1.21. The Hall–Kier alpha value is -0.0900. The van der Waals surface area contributed by atoms with E-state index in [2.05, 4.69) is 59.1 Å². The number of nitrogens with one attached hydrogen (secondary N) is 1. The average Bonchev–Trinajstić information content (AvgIpc) is 2.31. The second-order valence-electron chi connectivity index (χ2n) is 5.20. The minimum Gasteiger partial charge on any atom is -0.311 e. The molecule has 0 amide bonds. The van der Waals surface area contributed by atoms with Crippen molar-refractivity contribution in [2.24, 2.45) is 0 Å². The van der Waals surface area contributed by atoms with Crippen molar-refractivity contribution >= 4 is 27.5 Å². The molecule has 1 N–H and O–H groups in total. The molecule has 1 heterocycles. The van der Waals surface area contributed by atoms with Crippen LogP contribution in [0.4, 0.5) is 0 Å². The van der Waals surface area contributed by atoms with Gasteiger partial charge in [-0.05, 0) is 38.5 Å². The van der Waals surface area contributed by atoms with Crippen molar-refractivity contribution in [3.63, 3.8) is 0 Å². The third-order valence-electron chi connectivity index (χ3n) is 3.72. The summed E-state index contributed by atoms with van der Waals surface area (Å²) in [5.74, 6) is 0. The zero-order chi connectivity index (χ0) is 13.3. The van der Waals surface area contributed by atoms with E-state index in [4.69, 9.17) is 11.6 Å². The van der Waals surface area contributed by atoms with Crippen molar-refractivity contribution in [3.8, 4) is 0 Å². The monoisotopic (exact) mass is 330 g/mol. The molecular formula is C14H20BrClN2. The van der Waals surface area contributed by atoms with Crippen LogP contribution in [0.2, 0.25) is 5.02 Å². The molecule has 2 nitrogen and oxygen atoms in total. The van der Waals surface area contributed by atoms with Crippen LogP contribution in [0.25, 0.3) is 0 Å². The van der Waals surface area contributed by atoms with Crippen molar-refractivity contribution in [1.29, 1.82) is 0 Å². The molecule has 0 aromatic heterocycles. The van der Waals surface area contributed by atoms with Gasteiger partial charge in [0.05, 0.1) is 0 Å². The van der Waals surface area contributed by atoms with Crippen LogP contribution in [-0.4, -0.2) is 30.1 Å². The highest BCUT2D eigenvalue weighted by Crippen LogP contribution is 2.31. The predicted molar refractivity (Wildman–Crippen MR) is 81.2 cm³/mol. The van der Waals surface area contributed by atoms with Gasteiger partial charge < -0.3 is 5.32 Å².